The number of aromatic nitrogens is 2. The highest BCUT2D eigenvalue weighted by atomic mass is 32.1. The Morgan fingerprint density at radius 2 is 2.13 bits per heavy atom. The Morgan fingerprint density at radius 1 is 1.30 bits per heavy atom. The predicted octanol–water partition coefficient (Wildman–Crippen LogP) is 2.35. The second kappa shape index (κ2) is 7.97. The average molecular weight is 332 g/mol. The van der Waals surface area contributed by atoms with Gasteiger partial charge in [0.05, 0.1) is 30.6 Å². The lowest BCUT2D eigenvalue weighted by molar-refractivity contribution is 0.00957. The summed E-state index contributed by atoms with van der Waals surface area (Å²) in [5, 5.41) is 2.16. The van der Waals surface area contributed by atoms with Gasteiger partial charge in [0.1, 0.15) is 0 Å². The third kappa shape index (κ3) is 4.57. The molecule has 0 aromatic carbocycles. The van der Waals surface area contributed by atoms with Crippen LogP contribution in [0.25, 0.3) is 0 Å². The lowest BCUT2D eigenvalue weighted by atomic mass is 10.1. The van der Waals surface area contributed by atoms with Gasteiger partial charge in [-0.25, -0.2) is 0 Å². The van der Waals surface area contributed by atoms with Crippen LogP contribution in [-0.4, -0.2) is 59.7 Å². The molecular weight excluding hydrogens is 308 g/mol. The summed E-state index contributed by atoms with van der Waals surface area (Å²) in [5.74, 6) is 0. The van der Waals surface area contributed by atoms with Gasteiger partial charge in [-0.05, 0) is 25.4 Å². The molecule has 3 heterocycles. The van der Waals surface area contributed by atoms with Crippen molar-refractivity contribution in [1.82, 2.24) is 19.8 Å². The van der Waals surface area contributed by atoms with Crippen LogP contribution in [0.15, 0.2) is 29.9 Å². The molecule has 0 aliphatic carbocycles. The maximum absolute atomic E-state index is 5.51. The number of nitrogens with zero attached hydrogens (tertiary/aromatic N) is 4. The monoisotopic (exact) mass is 332 g/mol. The van der Waals surface area contributed by atoms with E-state index < -0.39 is 0 Å². The van der Waals surface area contributed by atoms with Crippen LogP contribution in [0.2, 0.25) is 0 Å². The summed E-state index contributed by atoms with van der Waals surface area (Å²) in [6.07, 6.45) is 3.71. The van der Waals surface area contributed by atoms with Gasteiger partial charge in [0.25, 0.3) is 0 Å². The Bertz CT molecular complexity index is 581. The first kappa shape index (κ1) is 16.5. The van der Waals surface area contributed by atoms with Crippen molar-refractivity contribution in [2.24, 2.45) is 0 Å². The highest BCUT2D eigenvalue weighted by molar-refractivity contribution is 7.10. The van der Waals surface area contributed by atoms with Crippen LogP contribution in [0.3, 0.4) is 0 Å². The van der Waals surface area contributed by atoms with E-state index in [1.54, 1.807) is 0 Å². The van der Waals surface area contributed by atoms with E-state index in [0.717, 1.165) is 50.8 Å². The van der Waals surface area contributed by atoms with Crippen LogP contribution < -0.4 is 0 Å². The van der Waals surface area contributed by atoms with Gasteiger partial charge in [-0.3, -0.25) is 19.8 Å². The molecule has 6 heteroatoms. The van der Waals surface area contributed by atoms with E-state index in [-0.39, 0.29) is 0 Å². The number of rotatable bonds is 6. The number of aryl methyl sites for hydroxylation is 1. The van der Waals surface area contributed by atoms with Crippen LogP contribution in [0, 0.1) is 6.92 Å². The van der Waals surface area contributed by atoms with Gasteiger partial charge in [0, 0.05) is 43.4 Å². The molecule has 1 saturated heterocycles. The maximum atomic E-state index is 5.51. The Hall–Kier alpha value is -1.34. The Balaban J connectivity index is 1.66. The first-order valence-electron chi connectivity index (χ1n) is 8.03. The molecule has 1 atom stereocenters. The summed E-state index contributed by atoms with van der Waals surface area (Å²) in [6, 6.07) is 4.80. The van der Waals surface area contributed by atoms with E-state index in [1.807, 2.05) is 30.7 Å². The zero-order chi connectivity index (χ0) is 16.1. The summed E-state index contributed by atoms with van der Waals surface area (Å²) < 4.78 is 5.51. The number of morpholine rings is 1. The molecule has 1 aliphatic heterocycles. The first-order chi connectivity index (χ1) is 11.2. The quantitative estimate of drug-likeness (QED) is 0.812. The Kier molecular flexibility index (Phi) is 5.72. The summed E-state index contributed by atoms with van der Waals surface area (Å²) in [6.45, 7) is 7.42. The second-order valence-corrected chi connectivity index (χ2v) is 7.00. The highest BCUT2D eigenvalue weighted by Crippen LogP contribution is 2.27. The van der Waals surface area contributed by atoms with Crippen molar-refractivity contribution in [1.29, 1.82) is 0 Å². The van der Waals surface area contributed by atoms with Crippen LogP contribution in [-0.2, 0) is 11.3 Å². The molecule has 2 aromatic rings. The molecule has 1 aliphatic rings. The molecule has 0 saturated carbocycles. The zero-order valence-corrected chi connectivity index (χ0v) is 14.6. The Morgan fingerprint density at radius 3 is 2.78 bits per heavy atom. The topological polar surface area (TPSA) is 41.5 Å². The molecule has 0 amide bonds. The van der Waals surface area contributed by atoms with Gasteiger partial charge in [-0.2, -0.15) is 0 Å². The fraction of sp³-hybridized carbons (Fsp3) is 0.529. The minimum absolute atomic E-state index is 0.419. The minimum Gasteiger partial charge on any atom is -0.379 e. The van der Waals surface area contributed by atoms with Crippen LogP contribution in [0.4, 0.5) is 0 Å². The number of hydrogen-bond acceptors (Lipinski definition) is 6. The number of likely N-dealkylation sites (N-methyl/N-ethyl adjacent to an activating group) is 1. The molecule has 1 fully saturated rings. The SMILES string of the molecule is Cc1cnc(CN(C)CC(c2cccs2)N2CCOCC2)cn1. The molecule has 0 radical (unpaired) electrons. The van der Waals surface area contributed by atoms with Crippen molar-refractivity contribution >= 4 is 11.3 Å². The number of thiophene rings is 1. The smallest absolute Gasteiger partial charge is 0.0726 e. The predicted molar refractivity (Wildman–Crippen MR) is 92.6 cm³/mol. The van der Waals surface area contributed by atoms with Crippen LogP contribution in [0.5, 0.6) is 0 Å². The van der Waals surface area contributed by atoms with Crippen molar-refractivity contribution in [3.63, 3.8) is 0 Å². The molecule has 23 heavy (non-hydrogen) atoms. The number of hydrogen-bond donors (Lipinski definition) is 0. The third-order valence-electron chi connectivity index (χ3n) is 4.11. The second-order valence-electron chi connectivity index (χ2n) is 6.03. The van der Waals surface area contributed by atoms with E-state index in [4.69, 9.17) is 4.74 Å². The summed E-state index contributed by atoms with van der Waals surface area (Å²) >= 11 is 1.84. The van der Waals surface area contributed by atoms with Crippen LogP contribution in [0.1, 0.15) is 22.3 Å². The minimum atomic E-state index is 0.419. The van der Waals surface area contributed by atoms with E-state index in [0.29, 0.717) is 6.04 Å². The lowest BCUT2D eigenvalue weighted by Gasteiger charge is -2.36. The van der Waals surface area contributed by atoms with Gasteiger partial charge in [0.15, 0.2) is 0 Å². The number of ether oxygens (including phenoxy) is 1. The van der Waals surface area contributed by atoms with E-state index in [2.05, 4.69) is 44.3 Å². The fourth-order valence-electron chi connectivity index (χ4n) is 2.89. The Labute approximate surface area is 141 Å². The van der Waals surface area contributed by atoms with E-state index in [9.17, 15) is 0 Å². The van der Waals surface area contributed by atoms with Gasteiger partial charge < -0.3 is 4.74 Å². The molecule has 124 valence electrons. The van der Waals surface area contributed by atoms with Gasteiger partial charge in [-0.1, -0.05) is 6.07 Å². The van der Waals surface area contributed by atoms with Crippen molar-refractivity contribution in [3.8, 4) is 0 Å². The molecule has 0 N–H and O–H groups in total. The molecular formula is C17H24N4OS. The van der Waals surface area contributed by atoms with Crippen molar-refractivity contribution in [2.45, 2.75) is 19.5 Å². The fourth-order valence-corrected chi connectivity index (χ4v) is 3.74. The summed E-state index contributed by atoms with van der Waals surface area (Å²) in [4.78, 5) is 15.1. The highest BCUT2D eigenvalue weighted by Gasteiger charge is 2.24. The molecule has 0 bridgehead atoms. The molecule has 5 nitrogen and oxygen atoms in total. The summed E-state index contributed by atoms with van der Waals surface area (Å²) in [7, 11) is 2.16. The average Bonchev–Trinajstić information content (AvgIpc) is 3.10. The van der Waals surface area contributed by atoms with Crippen LogP contribution >= 0.6 is 11.3 Å². The molecule has 3 rings (SSSR count). The lowest BCUT2D eigenvalue weighted by Crippen LogP contribution is -2.42. The van der Waals surface area contributed by atoms with Gasteiger partial charge in [-0.15, -0.1) is 11.3 Å². The summed E-state index contributed by atoms with van der Waals surface area (Å²) in [5.41, 5.74) is 1.98. The maximum Gasteiger partial charge on any atom is 0.0726 e. The zero-order valence-electron chi connectivity index (χ0n) is 13.8. The molecule has 1 unspecified atom stereocenters. The largest absolute Gasteiger partial charge is 0.379 e. The van der Waals surface area contributed by atoms with E-state index in [1.165, 1.54) is 4.88 Å². The van der Waals surface area contributed by atoms with E-state index >= 15 is 0 Å². The molecule has 0 spiro atoms. The van der Waals surface area contributed by atoms with Crippen molar-refractivity contribution < 1.29 is 4.74 Å². The van der Waals surface area contributed by atoms with Gasteiger partial charge >= 0.3 is 0 Å². The standard InChI is InChI=1S/C17H24N4OS/c1-14-10-19-15(11-18-14)12-20(2)13-16(17-4-3-9-23-17)21-5-7-22-8-6-21/h3-4,9-11,16H,5-8,12-13H2,1-2H3. The molecule has 2 aromatic heterocycles. The van der Waals surface area contributed by atoms with Gasteiger partial charge in [0.2, 0.25) is 0 Å². The third-order valence-corrected chi connectivity index (χ3v) is 5.08. The van der Waals surface area contributed by atoms with Crippen molar-refractivity contribution in [3.05, 3.63) is 46.2 Å². The normalized spacial score (nSPS) is 17.5. The first-order valence-corrected chi connectivity index (χ1v) is 8.91. The van der Waals surface area contributed by atoms with Crippen molar-refractivity contribution in [2.75, 3.05) is 39.9 Å².